The monoisotopic (exact) mass is 255 g/mol. The molecule has 1 aliphatic heterocycles. The standard InChI is InChI=1S/C13H13N5O/c14-6-8-1-3-10-11(5-8)18(13(15)17-10)9-2-4-12(19)16-7-9/h1,3,5,9H,2,4,7H2,(H2,15,17)(H,16,19). The zero-order chi connectivity index (χ0) is 13.4. The molecule has 1 amide bonds. The number of hydrogen-bond acceptors (Lipinski definition) is 4. The zero-order valence-electron chi connectivity index (χ0n) is 10.3. The van der Waals surface area contributed by atoms with E-state index in [9.17, 15) is 4.79 Å². The van der Waals surface area contributed by atoms with Crippen molar-refractivity contribution in [3.8, 4) is 6.07 Å². The number of carbonyl (C=O) groups is 1. The van der Waals surface area contributed by atoms with Crippen molar-refractivity contribution in [2.75, 3.05) is 12.3 Å². The first-order valence-electron chi connectivity index (χ1n) is 6.13. The van der Waals surface area contributed by atoms with E-state index in [0.29, 0.717) is 24.5 Å². The van der Waals surface area contributed by atoms with Gasteiger partial charge in [0.1, 0.15) is 0 Å². The van der Waals surface area contributed by atoms with Crippen LogP contribution in [0.25, 0.3) is 11.0 Å². The van der Waals surface area contributed by atoms with Gasteiger partial charge in [-0.3, -0.25) is 4.79 Å². The third-order valence-electron chi connectivity index (χ3n) is 3.45. The lowest BCUT2D eigenvalue weighted by molar-refractivity contribution is -0.122. The van der Waals surface area contributed by atoms with Crippen LogP contribution in [-0.2, 0) is 4.79 Å². The summed E-state index contributed by atoms with van der Waals surface area (Å²) >= 11 is 0. The van der Waals surface area contributed by atoms with Crippen LogP contribution < -0.4 is 11.1 Å². The van der Waals surface area contributed by atoms with Crippen molar-refractivity contribution < 1.29 is 4.79 Å². The average molecular weight is 255 g/mol. The van der Waals surface area contributed by atoms with Crippen LogP contribution in [0.15, 0.2) is 18.2 Å². The van der Waals surface area contributed by atoms with Crippen molar-refractivity contribution >= 4 is 22.9 Å². The number of nitrogen functional groups attached to an aromatic ring is 1. The second-order valence-corrected chi connectivity index (χ2v) is 4.65. The van der Waals surface area contributed by atoms with Gasteiger partial charge in [0, 0.05) is 13.0 Å². The van der Waals surface area contributed by atoms with Gasteiger partial charge in [-0.1, -0.05) is 0 Å². The van der Waals surface area contributed by atoms with Gasteiger partial charge in [-0.05, 0) is 24.6 Å². The van der Waals surface area contributed by atoms with Gasteiger partial charge >= 0.3 is 0 Å². The molecule has 1 aliphatic rings. The number of carbonyl (C=O) groups excluding carboxylic acids is 1. The molecule has 19 heavy (non-hydrogen) atoms. The van der Waals surface area contributed by atoms with Crippen LogP contribution in [0.3, 0.4) is 0 Å². The Morgan fingerprint density at radius 1 is 1.53 bits per heavy atom. The first-order valence-corrected chi connectivity index (χ1v) is 6.13. The number of rotatable bonds is 1. The Kier molecular flexibility index (Phi) is 2.60. The van der Waals surface area contributed by atoms with Crippen LogP contribution in [0.1, 0.15) is 24.4 Å². The lowest BCUT2D eigenvalue weighted by Gasteiger charge is -2.25. The Morgan fingerprint density at radius 2 is 2.37 bits per heavy atom. The molecule has 6 heteroatoms. The molecule has 1 saturated heterocycles. The van der Waals surface area contributed by atoms with E-state index in [2.05, 4.69) is 16.4 Å². The Hall–Kier alpha value is -2.55. The van der Waals surface area contributed by atoms with Gasteiger partial charge in [0.2, 0.25) is 11.9 Å². The van der Waals surface area contributed by atoms with Gasteiger partial charge in [0.15, 0.2) is 0 Å². The molecule has 0 saturated carbocycles. The Morgan fingerprint density at radius 3 is 3.05 bits per heavy atom. The van der Waals surface area contributed by atoms with E-state index in [0.717, 1.165) is 17.5 Å². The minimum absolute atomic E-state index is 0.0666. The highest BCUT2D eigenvalue weighted by Crippen LogP contribution is 2.27. The fourth-order valence-electron chi connectivity index (χ4n) is 2.51. The molecule has 0 bridgehead atoms. The smallest absolute Gasteiger partial charge is 0.220 e. The highest BCUT2D eigenvalue weighted by atomic mass is 16.1. The van der Waals surface area contributed by atoms with Gasteiger partial charge < -0.3 is 15.6 Å². The van der Waals surface area contributed by atoms with E-state index >= 15 is 0 Å². The summed E-state index contributed by atoms with van der Waals surface area (Å²) in [5, 5.41) is 11.8. The summed E-state index contributed by atoms with van der Waals surface area (Å²) in [6.07, 6.45) is 1.22. The predicted octanol–water partition coefficient (Wildman–Crippen LogP) is 0.941. The zero-order valence-corrected chi connectivity index (χ0v) is 10.3. The van der Waals surface area contributed by atoms with Crippen LogP contribution in [0, 0.1) is 11.3 Å². The largest absolute Gasteiger partial charge is 0.369 e. The summed E-state index contributed by atoms with van der Waals surface area (Å²) < 4.78 is 1.91. The van der Waals surface area contributed by atoms with Gasteiger partial charge in [-0.15, -0.1) is 0 Å². The van der Waals surface area contributed by atoms with Gasteiger partial charge in [-0.25, -0.2) is 4.98 Å². The lowest BCUT2D eigenvalue weighted by Crippen LogP contribution is -2.36. The molecule has 0 radical (unpaired) electrons. The third kappa shape index (κ3) is 1.89. The molecule has 3 rings (SSSR count). The number of imidazole rings is 1. The van der Waals surface area contributed by atoms with Gasteiger partial charge in [0.25, 0.3) is 0 Å². The molecule has 1 unspecified atom stereocenters. The number of nitrogens with zero attached hydrogens (tertiary/aromatic N) is 3. The predicted molar refractivity (Wildman–Crippen MR) is 70.1 cm³/mol. The van der Waals surface area contributed by atoms with Crippen molar-refractivity contribution in [2.24, 2.45) is 0 Å². The summed E-state index contributed by atoms with van der Waals surface area (Å²) in [6.45, 7) is 0.547. The number of amides is 1. The van der Waals surface area contributed by atoms with E-state index in [1.54, 1.807) is 18.2 Å². The van der Waals surface area contributed by atoms with Gasteiger partial charge in [-0.2, -0.15) is 5.26 Å². The number of piperidine rings is 1. The number of nitrogens with one attached hydrogen (secondary N) is 1. The second-order valence-electron chi connectivity index (χ2n) is 4.65. The fraction of sp³-hybridized carbons (Fsp3) is 0.308. The summed E-state index contributed by atoms with van der Waals surface area (Å²) in [6, 6.07) is 7.51. The third-order valence-corrected chi connectivity index (χ3v) is 3.45. The van der Waals surface area contributed by atoms with E-state index in [4.69, 9.17) is 11.0 Å². The maximum Gasteiger partial charge on any atom is 0.220 e. The van der Waals surface area contributed by atoms with Crippen LogP contribution in [0.4, 0.5) is 5.95 Å². The molecular weight excluding hydrogens is 242 g/mol. The highest BCUT2D eigenvalue weighted by molar-refractivity contribution is 5.81. The number of hydrogen-bond donors (Lipinski definition) is 2. The van der Waals surface area contributed by atoms with Crippen molar-refractivity contribution in [3.63, 3.8) is 0 Å². The Labute approximate surface area is 109 Å². The molecule has 2 heterocycles. The fourth-order valence-corrected chi connectivity index (χ4v) is 2.51. The van der Waals surface area contributed by atoms with Crippen molar-refractivity contribution in [3.05, 3.63) is 23.8 Å². The van der Waals surface area contributed by atoms with Crippen LogP contribution in [0.2, 0.25) is 0 Å². The molecule has 1 aromatic heterocycles. The van der Waals surface area contributed by atoms with E-state index in [1.807, 2.05) is 4.57 Å². The molecular formula is C13H13N5O. The number of benzene rings is 1. The summed E-state index contributed by atoms with van der Waals surface area (Å²) in [4.78, 5) is 15.5. The first-order chi connectivity index (χ1) is 9.19. The van der Waals surface area contributed by atoms with Crippen molar-refractivity contribution in [1.82, 2.24) is 14.9 Å². The number of aromatic nitrogens is 2. The SMILES string of the molecule is N#Cc1ccc2nc(N)n(C3CCC(=O)NC3)c2c1. The number of nitriles is 1. The minimum atomic E-state index is 0.0666. The Bertz CT molecular complexity index is 687. The normalized spacial score (nSPS) is 19.1. The number of fused-ring (bicyclic) bond motifs is 1. The molecule has 1 fully saturated rings. The van der Waals surface area contributed by atoms with E-state index < -0.39 is 0 Å². The highest BCUT2D eigenvalue weighted by Gasteiger charge is 2.23. The molecule has 3 N–H and O–H groups in total. The van der Waals surface area contributed by atoms with Crippen LogP contribution in [-0.4, -0.2) is 22.0 Å². The molecule has 2 aromatic rings. The first kappa shape index (κ1) is 11.5. The average Bonchev–Trinajstić information content (AvgIpc) is 2.75. The molecule has 1 atom stereocenters. The Balaban J connectivity index is 2.09. The maximum atomic E-state index is 11.2. The number of anilines is 1. The summed E-state index contributed by atoms with van der Waals surface area (Å²) in [7, 11) is 0. The topological polar surface area (TPSA) is 96.7 Å². The van der Waals surface area contributed by atoms with E-state index in [1.165, 1.54) is 0 Å². The molecule has 96 valence electrons. The van der Waals surface area contributed by atoms with Crippen molar-refractivity contribution in [2.45, 2.75) is 18.9 Å². The van der Waals surface area contributed by atoms with Crippen LogP contribution >= 0.6 is 0 Å². The molecule has 1 aromatic carbocycles. The number of nitrogens with two attached hydrogens (primary N) is 1. The molecule has 6 nitrogen and oxygen atoms in total. The maximum absolute atomic E-state index is 11.2. The van der Waals surface area contributed by atoms with Gasteiger partial charge in [0.05, 0.1) is 28.7 Å². The minimum Gasteiger partial charge on any atom is -0.369 e. The van der Waals surface area contributed by atoms with Crippen molar-refractivity contribution in [1.29, 1.82) is 5.26 Å². The lowest BCUT2D eigenvalue weighted by atomic mass is 10.1. The molecule has 0 spiro atoms. The summed E-state index contributed by atoms with van der Waals surface area (Å²) in [5.74, 6) is 0.489. The second kappa shape index (κ2) is 4.28. The molecule has 0 aliphatic carbocycles. The van der Waals surface area contributed by atoms with E-state index in [-0.39, 0.29) is 11.9 Å². The quantitative estimate of drug-likeness (QED) is 0.792. The van der Waals surface area contributed by atoms with Crippen LogP contribution in [0.5, 0.6) is 0 Å². The summed E-state index contributed by atoms with van der Waals surface area (Å²) in [5.41, 5.74) is 8.16.